The Hall–Kier alpha value is -1.36. The molecule has 5 nitrogen and oxygen atoms in total. The number of nitrogens with two attached hydrogens (primary N) is 1. The van der Waals surface area contributed by atoms with Crippen molar-refractivity contribution >= 4 is 5.91 Å². The van der Waals surface area contributed by atoms with E-state index in [1.807, 2.05) is 4.90 Å². The van der Waals surface area contributed by atoms with Gasteiger partial charge >= 0.3 is 0 Å². The van der Waals surface area contributed by atoms with Crippen LogP contribution in [0.2, 0.25) is 0 Å². The lowest BCUT2D eigenvalue weighted by Gasteiger charge is -2.15. The van der Waals surface area contributed by atoms with Gasteiger partial charge < -0.3 is 15.2 Å². The van der Waals surface area contributed by atoms with Crippen LogP contribution in [0.3, 0.4) is 0 Å². The standard InChI is InChI=1S/C9H14N4O/c10-8-1-3-13(5-8)9(14)6-12-4-2-11-7-12/h2,4,7-8H,1,3,5-6,10H2/t8-/m1/s1. The minimum atomic E-state index is 0.121. The fraction of sp³-hybridized carbons (Fsp3) is 0.556. The van der Waals surface area contributed by atoms with E-state index in [1.54, 1.807) is 23.3 Å². The second kappa shape index (κ2) is 3.79. The largest absolute Gasteiger partial charge is 0.340 e. The van der Waals surface area contributed by atoms with E-state index in [-0.39, 0.29) is 11.9 Å². The first-order chi connectivity index (χ1) is 6.75. The molecule has 0 aromatic carbocycles. The SMILES string of the molecule is N[C@@H]1CCN(C(=O)Cn2ccnc2)C1. The van der Waals surface area contributed by atoms with Crippen molar-refractivity contribution in [3.8, 4) is 0 Å². The third-order valence-corrected chi connectivity index (χ3v) is 2.45. The molecule has 1 amide bonds. The van der Waals surface area contributed by atoms with Crippen LogP contribution in [0.15, 0.2) is 18.7 Å². The minimum Gasteiger partial charge on any atom is -0.340 e. The normalized spacial score (nSPS) is 21.5. The molecular weight excluding hydrogens is 180 g/mol. The number of carbonyl (C=O) groups is 1. The lowest BCUT2D eigenvalue weighted by Crippen LogP contribution is -2.34. The second-order valence-electron chi connectivity index (χ2n) is 3.62. The molecule has 1 atom stereocenters. The summed E-state index contributed by atoms with van der Waals surface area (Å²) in [6, 6.07) is 0.154. The van der Waals surface area contributed by atoms with E-state index in [4.69, 9.17) is 5.73 Å². The van der Waals surface area contributed by atoms with E-state index in [2.05, 4.69) is 4.98 Å². The van der Waals surface area contributed by atoms with Crippen molar-refractivity contribution in [3.63, 3.8) is 0 Å². The summed E-state index contributed by atoms with van der Waals surface area (Å²) in [7, 11) is 0. The van der Waals surface area contributed by atoms with Gasteiger partial charge in [0, 0.05) is 31.5 Å². The number of carbonyl (C=O) groups excluding carboxylic acids is 1. The van der Waals surface area contributed by atoms with Gasteiger partial charge in [0.05, 0.1) is 6.33 Å². The van der Waals surface area contributed by atoms with Crippen molar-refractivity contribution in [1.82, 2.24) is 14.5 Å². The molecule has 1 aromatic heterocycles. The number of imidazole rings is 1. The molecule has 2 N–H and O–H groups in total. The van der Waals surface area contributed by atoms with Crippen LogP contribution < -0.4 is 5.73 Å². The zero-order chi connectivity index (χ0) is 9.97. The first-order valence-electron chi connectivity index (χ1n) is 4.75. The number of hydrogen-bond donors (Lipinski definition) is 1. The molecule has 0 spiro atoms. The van der Waals surface area contributed by atoms with Crippen LogP contribution in [0.1, 0.15) is 6.42 Å². The minimum absolute atomic E-state index is 0.121. The van der Waals surface area contributed by atoms with E-state index in [0.29, 0.717) is 13.1 Å². The van der Waals surface area contributed by atoms with Gasteiger partial charge in [-0.2, -0.15) is 0 Å². The van der Waals surface area contributed by atoms with Gasteiger partial charge in [-0.25, -0.2) is 4.98 Å². The smallest absolute Gasteiger partial charge is 0.242 e. The van der Waals surface area contributed by atoms with Gasteiger partial charge in [-0.05, 0) is 6.42 Å². The Balaban J connectivity index is 1.90. The van der Waals surface area contributed by atoms with Crippen LogP contribution in [0, 0.1) is 0 Å². The molecule has 5 heteroatoms. The molecule has 1 aliphatic heterocycles. The van der Waals surface area contributed by atoms with Gasteiger partial charge in [0.15, 0.2) is 0 Å². The molecule has 2 rings (SSSR count). The Morgan fingerprint density at radius 1 is 1.64 bits per heavy atom. The molecule has 1 saturated heterocycles. The van der Waals surface area contributed by atoms with Crippen molar-refractivity contribution < 1.29 is 4.79 Å². The average Bonchev–Trinajstić information content (AvgIpc) is 2.75. The van der Waals surface area contributed by atoms with Crippen molar-refractivity contribution in [2.45, 2.75) is 19.0 Å². The molecule has 0 unspecified atom stereocenters. The van der Waals surface area contributed by atoms with E-state index < -0.39 is 0 Å². The lowest BCUT2D eigenvalue weighted by molar-refractivity contribution is -0.130. The quantitative estimate of drug-likeness (QED) is 0.686. The molecule has 0 bridgehead atoms. The van der Waals surface area contributed by atoms with Crippen molar-refractivity contribution in [2.24, 2.45) is 5.73 Å². The highest BCUT2D eigenvalue weighted by molar-refractivity contribution is 5.76. The van der Waals surface area contributed by atoms with Gasteiger partial charge in [0.25, 0.3) is 0 Å². The molecule has 1 aliphatic rings. The Morgan fingerprint density at radius 2 is 2.50 bits per heavy atom. The molecule has 1 aromatic rings. The Kier molecular flexibility index (Phi) is 2.49. The Morgan fingerprint density at radius 3 is 3.07 bits per heavy atom. The maximum absolute atomic E-state index is 11.7. The van der Waals surface area contributed by atoms with Crippen molar-refractivity contribution in [3.05, 3.63) is 18.7 Å². The fourth-order valence-corrected chi connectivity index (χ4v) is 1.65. The maximum atomic E-state index is 11.7. The third kappa shape index (κ3) is 1.93. The summed E-state index contributed by atoms with van der Waals surface area (Å²) in [6.45, 7) is 1.84. The highest BCUT2D eigenvalue weighted by Crippen LogP contribution is 2.07. The highest BCUT2D eigenvalue weighted by atomic mass is 16.2. The van der Waals surface area contributed by atoms with Crippen LogP contribution >= 0.6 is 0 Å². The summed E-state index contributed by atoms with van der Waals surface area (Å²) in [5.74, 6) is 0.121. The van der Waals surface area contributed by atoms with E-state index in [9.17, 15) is 4.79 Å². The lowest BCUT2D eigenvalue weighted by atomic mass is 10.3. The first-order valence-corrected chi connectivity index (χ1v) is 4.75. The van der Waals surface area contributed by atoms with Crippen LogP contribution in [-0.4, -0.2) is 39.5 Å². The fourth-order valence-electron chi connectivity index (χ4n) is 1.65. The summed E-state index contributed by atoms with van der Waals surface area (Å²) in [4.78, 5) is 17.4. The maximum Gasteiger partial charge on any atom is 0.242 e. The summed E-state index contributed by atoms with van der Waals surface area (Å²) >= 11 is 0. The molecule has 0 saturated carbocycles. The second-order valence-corrected chi connectivity index (χ2v) is 3.62. The predicted molar refractivity (Wildman–Crippen MR) is 51.4 cm³/mol. The zero-order valence-electron chi connectivity index (χ0n) is 7.97. The van der Waals surface area contributed by atoms with Crippen LogP contribution in [0.5, 0.6) is 0 Å². The number of aromatic nitrogens is 2. The summed E-state index contributed by atoms with van der Waals surface area (Å²) in [5, 5.41) is 0. The number of likely N-dealkylation sites (tertiary alicyclic amines) is 1. The van der Waals surface area contributed by atoms with Gasteiger partial charge in [-0.1, -0.05) is 0 Å². The van der Waals surface area contributed by atoms with Crippen molar-refractivity contribution in [2.75, 3.05) is 13.1 Å². The first kappa shape index (κ1) is 9.21. The Labute approximate surface area is 82.5 Å². The third-order valence-electron chi connectivity index (χ3n) is 2.45. The summed E-state index contributed by atoms with van der Waals surface area (Å²) in [6.07, 6.45) is 6.01. The molecule has 0 aliphatic carbocycles. The predicted octanol–water partition coefficient (Wildman–Crippen LogP) is -0.557. The summed E-state index contributed by atoms with van der Waals surface area (Å²) < 4.78 is 1.77. The van der Waals surface area contributed by atoms with Gasteiger partial charge in [-0.15, -0.1) is 0 Å². The van der Waals surface area contributed by atoms with E-state index in [0.717, 1.165) is 13.0 Å². The summed E-state index contributed by atoms with van der Waals surface area (Å²) in [5.41, 5.74) is 5.72. The zero-order valence-corrected chi connectivity index (χ0v) is 7.97. The topological polar surface area (TPSA) is 64.2 Å². The monoisotopic (exact) mass is 194 g/mol. The Bertz CT molecular complexity index is 309. The number of amides is 1. The number of nitrogens with zero attached hydrogens (tertiary/aromatic N) is 3. The highest BCUT2D eigenvalue weighted by Gasteiger charge is 2.23. The van der Waals surface area contributed by atoms with Crippen molar-refractivity contribution in [1.29, 1.82) is 0 Å². The average molecular weight is 194 g/mol. The molecule has 1 fully saturated rings. The van der Waals surface area contributed by atoms with Gasteiger partial charge in [0.2, 0.25) is 5.91 Å². The molecule has 2 heterocycles. The number of rotatable bonds is 2. The number of hydrogen-bond acceptors (Lipinski definition) is 3. The van der Waals surface area contributed by atoms with Crippen LogP contribution in [0.4, 0.5) is 0 Å². The molecule has 14 heavy (non-hydrogen) atoms. The van der Waals surface area contributed by atoms with Crippen LogP contribution in [0.25, 0.3) is 0 Å². The molecular formula is C9H14N4O. The van der Waals surface area contributed by atoms with Gasteiger partial charge in [-0.3, -0.25) is 4.79 Å². The van der Waals surface area contributed by atoms with E-state index in [1.165, 1.54) is 0 Å². The van der Waals surface area contributed by atoms with Gasteiger partial charge in [0.1, 0.15) is 6.54 Å². The van der Waals surface area contributed by atoms with E-state index >= 15 is 0 Å². The molecule has 0 radical (unpaired) electrons. The van der Waals surface area contributed by atoms with Crippen LogP contribution in [-0.2, 0) is 11.3 Å². The molecule has 76 valence electrons.